The van der Waals surface area contributed by atoms with Gasteiger partial charge in [-0.25, -0.2) is 0 Å². The minimum atomic E-state index is 0.0223. The van der Waals surface area contributed by atoms with Gasteiger partial charge in [-0.15, -0.1) is 11.3 Å². The Bertz CT molecular complexity index is 4520. The first-order chi connectivity index (χ1) is 40.2. The predicted octanol–water partition coefficient (Wildman–Crippen LogP) is 20.9. The van der Waals surface area contributed by atoms with Crippen molar-refractivity contribution in [2.24, 2.45) is 0 Å². The first-order valence-corrected chi connectivity index (χ1v) is 29.0. The van der Waals surface area contributed by atoms with Crippen LogP contribution >= 0.6 is 11.3 Å². The third-order valence-corrected chi connectivity index (χ3v) is 18.8. The topological polar surface area (TPSA) is 13.0 Å². The molecule has 4 nitrogen and oxygen atoms in total. The Balaban J connectivity index is 0.795. The van der Waals surface area contributed by atoms with Crippen LogP contribution in [0.1, 0.15) is 46.4 Å². The van der Waals surface area contributed by atoms with Crippen LogP contribution < -0.4 is 19.6 Å². The van der Waals surface area contributed by atoms with Crippen molar-refractivity contribution in [3.8, 4) is 44.5 Å². The van der Waals surface area contributed by atoms with Gasteiger partial charge in [-0.3, -0.25) is 0 Å². The van der Waals surface area contributed by atoms with E-state index in [-0.39, 0.29) is 24.2 Å². The summed E-state index contributed by atoms with van der Waals surface area (Å²) in [7, 11) is 0. The Labute approximate surface area is 475 Å². The van der Waals surface area contributed by atoms with Crippen LogP contribution in [0.2, 0.25) is 0 Å². The normalized spacial score (nSPS) is 17.3. The Morgan fingerprint density at radius 2 is 0.531 bits per heavy atom. The van der Waals surface area contributed by atoms with Crippen molar-refractivity contribution < 1.29 is 0 Å². The van der Waals surface area contributed by atoms with Gasteiger partial charge in [0.05, 0.1) is 24.2 Å². The van der Waals surface area contributed by atoms with Crippen LogP contribution in [0.15, 0.2) is 291 Å². The van der Waals surface area contributed by atoms with E-state index in [1.807, 2.05) is 11.3 Å². The summed E-state index contributed by atoms with van der Waals surface area (Å²) in [5, 5.41) is 2.58. The lowest BCUT2D eigenvalue weighted by Crippen LogP contribution is -2.24. The zero-order valence-corrected chi connectivity index (χ0v) is 45.0. The van der Waals surface area contributed by atoms with Crippen LogP contribution in [-0.2, 0) is 0 Å². The molecule has 0 radical (unpaired) electrons. The molecule has 5 heteroatoms. The van der Waals surface area contributed by atoms with Gasteiger partial charge in [0.15, 0.2) is 0 Å². The fourth-order valence-electron chi connectivity index (χ4n) is 14.1. The van der Waals surface area contributed by atoms with Crippen LogP contribution in [0.4, 0.5) is 45.5 Å². The fourth-order valence-corrected chi connectivity index (χ4v) is 15.2. The number of thiophene rings is 1. The van der Waals surface area contributed by atoms with Gasteiger partial charge in [0.1, 0.15) is 0 Å². The van der Waals surface area contributed by atoms with Gasteiger partial charge in [0, 0.05) is 87.9 Å². The number of rotatable bonds is 8. The van der Waals surface area contributed by atoms with Crippen LogP contribution in [0.25, 0.3) is 64.7 Å². The molecule has 4 aliphatic rings. The third kappa shape index (κ3) is 7.22. The van der Waals surface area contributed by atoms with Crippen molar-refractivity contribution in [1.82, 2.24) is 0 Å². The summed E-state index contributed by atoms with van der Waals surface area (Å²) in [6.07, 6.45) is 0. The van der Waals surface area contributed by atoms with E-state index < -0.39 is 0 Å². The molecule has 1 aromatic heterocycles. The molecule has 4 atom stereocenters. The van der Waals surface area contributed by atoms with Crippen molar-refractivity contribution in [3.05, 3.63) is 313 Å². The first kappa shape index (κ1) is 46.0. The van der Waals surface area contributed by atoms with Crippen molar-refractivity contribution in [2.75, 3.05) is 19.6 Å². The van der Waals surface area contributed by atoms with Crippen LogP contribution in [0, 0.1) is 0 Å². The average molecular weight is 1050 g/mol. The molecule has 5 heterocycles. The Morgan fingerprint density at radius 3 is 0.951 bits per heavy atom. The molecule has 17 rings (SSSR count). The lowest BCUT2D eigenvalue weighted by Gasteiger charge is -2.30. The Kier molecular flexibility index (Phi) is 10.4. The van der Waals surface area contributed by atoms with Gasteiger partial charge in [0.25, 0.3) is 0 Å². The lowest BCUT2D eigenvalue weighted by atomic mass is 9.95. The second-order valence-corrected chi connectivity index (χ2v) is 23.0. The van der Waals surface area contributed by atoms with Crippen LogP contribution in [-0.4, -0.2) is 0 Å². The molecule has 0 N–H and O–H groups in total. The summed E-state index contributed by atoms with van der Waals surface area (Å²) >= 11 is 1.88. The Hall–Kier alpha value is -9.94. The van der Waals surface area contributed by atoms with Crippen molar-refractivity contribution in [1.29, 1.82) is 0 Å². The van der Waals surface area contributed by atoms with E-state index in [9.17, 15) is 0 Å². The van der Waals surface area contributed by atoms with Gasteiger partial charge >= 0.3 is 0 Å². The number of benzene rings is 12. The van der Waals surface area contributed by atoms with E-state index in [4.69, 9.17) is 0 Å². The molecular weight excluding hydrogens is 1000 g/mol. The third-order valence-electron chi connectivity index (χ3n) is 17.6. The first-order valence-electron chi connectivity index (χ1n) is 28.2. The van der Waals surface area contributed by atoms with Crippen molar-refractivity contribution >= 4 is 77.0 Å². The smallest absolute Gasteiger partial charge is 0.0862 e. The van der Waals surface area contributed by atoms with E-state index >= 15 is 0 Å². The van der Waals surface area contributed by atoms with E-state index in [2.05, 4.69) is 311 Å². The summed E-state index contributed by atoms with van der Waals surface area (Å²) in [6, 6.07) is 109. The molecule has 0 aliphatic carbocycles. The molecule has 0 saturated carbocycles. The van der Waals surface area contributed by atoms with Crippen LogP contribution in [0.5, 0.6) is 0 Å². The van der Waals surface area contributed by atoms with Gasteiger partial charge in [-0.05, 0) is 160 Å². The molecule has 0 saturated heterocycles. The molecule has 0 bridgehead atoms. The molecular formula is C76H52N4S. The maximum Gasteiger partial charge on any atom is 0.0862 e. The predicted molar refractivity (Wildman–Crippen MR) is 339 cm³/mol. The summed E-state index contributed by atoms with van der Waals surface area (Å²) in [5.74, 6) is 0. The molecule has 0 spiro atoms. The molecule has 13 aromatic rings. The van der Waals surface area contributed by atoms with E-state index in [0.29, 0.717) is 0 Å². The maximum atomic E-state index is 2.64. The van der Waals surface area contributed by atoms with Gasteiger partial charge in [-0.2, -0.15) is 0 Å². The SMILES string of the molecule is c1ccc(-c2cc(-c3ccccc3)cc(N3c4ccc(-c5ccc6sc7ccc(-c8ccc9c(c8)C8C(c%10ccccc%10N8c8ccccc8)N9c8ccccc8)cc7c6c5)cc4C4C3c3ccccc3N4c3ccccc3)c2)cc1. The second kappa shape index (κ2) is 18.3. The highest BCUT2D eigenvalue weighted by Crippen LogP contribution is 2.65. The quantitative estimate of drug-likeness (QED) is 0.150. The standard InChI is InChI=1S/C76H52N4S/c1-6-20-49(21-7-1)55-42-56(50-22-8-2-9-23-50)44-60(43-55)80-70-39-35-52(48-66(70)76-74(80)62-31-17-19-33-68(62)78(76)58-26-12-4-13-27-58)54-37-41-72-64(46-54)63-45-53(36-40-71(63)81-72)51-34-38-69-65(47-51)75-73(79(69)59-28-14-5-15-29-59)61-30-16-18-32-67(61)77(75)57-24-10-3-11-25-57/h1-48,73-76H. The monoisotopic (exact) mass is 1050 g/mol. The molecule has 382 valence electrons. The molecule has 81 heavy (non-hydrogen) atoms. The van der Waals surface area contributed by atoms with Crippen molar-refractivity contribution in [3.63, 3.8) is 0 Å². The van der Waals surface area contributed by atoms with E-state index in [0.717, 1.165) is 0 Å². The van der Waals surface area contributed by atoms with Gasteiger partial charge in [-0.1, -0.05) is 176 Å². The molecule has 4 unspecified atom stereocenters. The molecule has 4 aliphatic heterocycles. The van der Waals surface area contributed by atoms with E-state index in [1.54, 1.807) is 0 Å². The average Bonchev–Trinajstić information content (AvgIpc) is 3.35. The van der Waals surface area contributed by atoms with Gasteiger partial charge in [0.2, 0.25) is 0 Å². The van der Waals surface area contributed by atoms with Gasteiger partial charge < -0.3 is 19.6 Å². The number of nitrogens with zero attached hydrogens (tertiary/aromatic N) is 4. The fraction of sp³-hybridized carbons (Fsp3) is 0.0526. The minimum absolute atomic E-state index is 0.0223. The highest BCUT2D eigenvalue weighted by Gasteiger charge is 2.51. The zero-order valence-electron chi connectivity index (χ0n) is 44.2. The number of hydrogen-bond acceptors (Lipinski definition) is 5. The molecule has 0 fully saturated rings. The number of fused-ring (bicyclic) bond motifs is 13. The highest BCUT2D eigenvalue weighted by molar-refractivity contribution is 7.25. The maximum absolute atomic E-state index is 2.64. The lowest BCUT2D eigenvalue weighted by molar-refractivity contribution is 0.634. The molecule has 12 aromatic carbocycles. The minimum Gasteiger partial charge on any atom is -0.331 e. The number of hydrogen-bond donors (Lipinski definition) is 0. The largest absolute Gasteiger partial charge is 0.331 e. The second-order valence-electron chi connectivity index (χ2n) is 22.0. The zero-order chi connectivity index (χ0) is 53.1. The Morgan fingerprint density at radius 1 is 0.210 bits per heavy atom. The summed E-state index contributed by atoms with van der Waals surface area (Å²) in [6.45, 7) is 0. The summed E-state index contributed by atoms with van der Waals surface area (Å²) in [4.78, 5) is 10.4. The van der Waals surface area contributed by atoms with Crippen LogP contribution in [0.3, 0.4) is 0 Å². The van der Waals surface area contributed by atoms with E-state index in [1.165, 1.54) is 132 Å². The summed E-state index contributed by atoms with van der Waals surface area (Å²) in [5.41, 5.74) is 24.9. The summed E-state index contributed by atoms with van der Waals surface area (Å²) < 4.78 is 2.59. The van der Waals surface area contributed by atoms with Crippen molar-refractivity contribution in [2.45, 2.75) is 24.2 Å². The number of anilines is 8. The number of para-hydroxylation sites is 5. The highest BCUT2D eigenvalue weighted by atomic mass is 32.1. The molecule has 0 amide bonds.